The average Bonchev–Trinajstić information content (AvgIpc) is 2.91. The molecule has 2 aromatic carbocycles. The van der Waals surface area contributed by atoms with Gasteiger partial charge in [-0.15, -0.1) is 0 Å². The number of nitrogens with one attached hydrogen (secondary N) is 1. The van der Waals surface area contributed by atoms with Crippen LogP contribution in [0.3, 0.4) is 0 Å². The first-order valence-electron chi connectivity index (χ1n) is 13.5. The fraction of sp³-hybridized carbons (Fsp3) is 0.483. The van der Waals surface area contributed by atoms with Crippen LogP contribution >= 0.6 is 15.9 Å². The lowest BCUT2D eigenvalue weighted by molar-refractivity contribution is -0.171. The Labute approximate surface area is 267 Å². The van der Waals surface area contributed by atoms with E-state index in [9.17, 15) is 27.2 Å². The van der Waals surface area contributed by atoms with Crippen LogP contribution < -0.4 is 4.72 Å². The second-order valence-electron chi connectivity index (χ2n) is 11.7. The molecule has 9 nitrogen and oxygen atoms in total. The first kappa shape index (κ1) is 36.5. The van der Waals surface area contributed by atoms with Gasteiger partial charge in [-0.2, -0.15) is 13.2 Å². The number of ether oxygens (including phenoxy) is 3. The number of thiol groups is 1. The second-order valence-corrected chi connectivity index (χ2v) is 15.5. The van der Waals surface area contributed by atoms with Crippen LogP contribution in [0.4, 0.5) is 26.7 Å². The number of amidine groups is 1. The molecule has 0 saturated carbocycles. The van der Waals surface area contributed by atoms with Crippen molar-refractivity contribution < 1.29 is 50.0 Å². The summed E-state index contributed by atoms with van der Waals surface area (Å²) in [5.41, 5.74) is -3.28. The average molecular weight is 729 g/mol. The Hall–Kier alpha value is -2.95. The van der Waals surface area contributed by atoms with E-state index in [2.05, 4.69) is 15.9 Å². The number of halogens is 6. The zero-order chi connectivity index (χ0) is 34.0. The van der Waals surface area contributed by atoms with Crippen LogP contribution in [0, 0.1) is 11.6 Å². The highest BCUT2D eigenvalue weighted by Crippen LogP contribution is 2.48. The van der Waals surface area contributed by atoms with Crippen LogP contribution in [0.5, 0.6) is 0 Å². The van der Waals surface area contributed by atoms with Crippen LogP contribution in [-0.2, 0) is 39.4 Å². The maximum atomic E-state index is 15.4. The van der Waals surface area contributed by atoms with Gasteiger partial charge < -0.3 is 14.2 Å². The van der Waals surface area contributed by atoms with Crippen molar-refractivity contribution in [2.24, 2.45) is 4.99 Å². The highest BCUT2D eigenvalue weighted by atomic mass is 79.9. The summed E-state index contributed by atoms with van der Waals surface area (Å²) in [5, 5.41) is 0. The standard InChI is InChI=1S/C29H35BrF5N3O6S/c1-26(2,3)44-25(40)38(17-43-14-13-42-6)23-28(5,18-7-10-20(31)11-8-18)45(41,37-24(39)29(33,34)35)16-27(4,36-23)21-15-19(30)9-12-22(21)32/h7-12,15,45H,13-14,16-17H2,1-6H3,(H,37,39,41)/t27-,28+/m0/s1. The molecule has 250 valence electrons. The maximum Gasteiger partial charge on any atom is 0.472 e. The van der Waals surface area contributed by atoms with Crippen LogP contribution in [0.2, 0.25) is 0 Å². The smallest absolute Gasteiger partial charge is 0.443 e. The van der Waals surface area contributed by atoms with E-state index >= 15 is 8.60 Å². The lowest BCUT2D eigenvalue weighted by Crippen LogP contribution is -2.67. The minimum absolute atomic E-state index is 0.0592. The van der Waals surface area contributed by atoms with Crippen molar-refractivity contribution in [1.82, 2.24) is 9.62 Å². The second kappa shape index (κ2) is 13.4. The lowest BCUT2D eigenvalue weighted by Gasteiger charge is -2.52. The fourth-order valence-electron chi connectivity index (χ4n) is 4.82. The molecule has 0 bridgehead atoms. The SMILES string of the molecule is COCCOCN(C(=O)OC(C)(C)C)C1=N[C@](C)(c2cc(Br)ccc2F)C[SH](=O)(NC(=O)C(F)(F)F)[C@]1(C)c1ccc(F)cc1. The van der Waals surface area contributed by atoms with Crippen LogP contribution in [-0.4, -0.2) is 71.5 Å². The van der Waals surface area contributed by atoms with E-state index in [1.807, 2.05) is 0 Å². The summed E-state index contributed by atoms with van der Waals surface area (Å²) in [4.78, 5) is 31.8. The number of benzene rings is 2. The normalized spacial score (nSPS) is 22.3. The zero-order valence-corrected chi connectivity index (χ0v) is 27.9. The molecule has 0 radical (unpaired) electrons. The molecule has 1 N–H and O–H groups in total. The molecule has 0 fully saturated rings. The molecule has 45 heavy (non-hydrogen) atoms. The van der Waals surface area contributed by atoms with Crippen molar-refractivity contribution in [1.29, 1.82) is 0 Å². The van der Waals surface area contributed by atoms with Gasteiger partial charge in [-0.05, 0) is 80.6 Å². The number of hydrogen-bond acceptors (Lipinski definition) is 7. The predicted molar refractivity (Wildman–Crippen MR) is 162 cm³/mol. The Balaban J connectivity index is 2.46. The van der Waals surface area contributed by atoms with Crippen molar-refractivity contribution in [2.45, 2.75) is 56.7 Å². The Bertz CT molecular complexity index is 1500. The van der Waals surface area contributed by atoms with Crippen molar-refractivity contribution in [3.63, 3.8) is 0 Å². The summed E-state index contributed by atoms with van der Waals surface area (Å²) < 4.78 is 102. The fourth-order valence-corrected chi connectivity index (χ4v) is 8.42. The number of methoxy groups -OCH3 is 1. The number of carbonyl (C=O) groups excluding carboxylic acids is 2. The molecule has 0 aliphatic carbocycles. The molecular weight excluding hydrogens is 693 g/mol. The van der Waals surface area contributed by atoms with Gasteiger partial charge >= 0.3 is 18.2 Å². The molecule has 16 heteroatoms. The van der Waals surface area contributed by atoms with Gasteiger partial charge in [0.15, 0.2) is 0 Å². The molecule has 0 aromatic heterocycles. The Kier molecular flexibility index (Phi) is 10.9. The van der Waals surface area contributed by atoms with Gasteiger partial charge in [0.2, 0.25) is 0 Å². The van der Waals surface area contributed by atoms with Crippen molar-refractivity contribution in [3.05, 3.63) is 69.7 Å². The molecule has 2 atom stereocenters. The molecule has 1 aliphatic heterocycles. The number of alkyl halides is 3. The maximum absolute atomic E-state index is 15.4. The Morgan fingerprint density at radius 1 is 1.07 bits per heavy atom. The molecule has 2 amide bonds. The van der Waals surface area contributed by atoms with Gasteiger partial charge in [0.05, 0.1) is 18.8 Å². The molecule has 0 unspecified atom stereocenters. The number of amides is 2. The minimum atomic E-state index is -5.47. The molecular formula is C29H35BrF5N3O6S. The van der Waals surface area contributed by atoms with E-state index < -0.39 is 74.1 Å². The Morgan fingerprint density at radius 3 is 2.24 bits per heavy atom. The van der Waals surface area contributed by atoms with Crippen LogP contribution in [0.1, 0.15) is 45.7 Å². The third-order valence-electron chi connectivity index (χ3n) is 7.02. The molecule has 1 aliphatic rings. The largest absolute Gasteiger partial charge is 0.472 e. The summed E-state index contributed by atoms with van der Waals surface area (Å²) >= 11 is 3.24. The number of hydrogen-bond donors (Lipinski definition) is 2. The summed E-state index contributed by atoms with van der Waals surface area (Å²) in [7, 11) is -3.47. The van der Waals surface area contributed by atoms with Crippen LogP contribution in [0.15, 0.2) is 51.9 Å². The van der Waals surface area contributed by atoms with E-state index in [1.165, 1.54) is 33.1 Å². The highest BCUT2D eigenvalue weighted by Gasteiger charge is 2.58. The topological polar surface area (TPSA) is 107 Å². The van der Waals surface area contributed by atoms with Crippen molar-refractivity contribution in [2.75, 3.05) is 32.8 Å². The van der Waals surface area contributed by atoms with E-state index in [1.54, 1.807) is 25.5 Å². The van der Waals surface area contributed by atoms with Gasteiger partial charge in [0, 0.05) is 22.9 Å². The van der Waals surface area contributed by atoms with Crippen LogP contribution in [0.25, 0.3) is 0 Å². The van der Waals surface area contributed by atoms with Gasteiger partial charge in [0.1, 0.15) is 34.5 Å². The number of rotatable bonds is 8. The molecule has 0 spiro atoms. The third-order valence-corrected chi connectivity index (χ3v) is 11.0. The molecule has 2 aromatic rings. The number of carbonyl (C=O) groups is 2. The van der Waals surface area contributed by atoms with Gasteiger partial charge in [-0.3, -0.25) is 18.7 Å². The third kappa shape index (κ3) is 8.07. The first-order chi connectivity index (χ1) is 20.7. The Morgan fingerprint density at radius 2 is 1.69 bits per heavy atom. The van der Waals surface area contributed by atoms with Gasteiger partial charge in [0.25, 0.3) is 0 Å². The minimum Gasteiger partial charge on any atom is -0.443 e. The van der Waals surface area contributed by atoms with E-state index in [0.29, 0.717) is 4.47 Å². The van der Waals surface area contributed by atoms with Gasteiger partial charge in [-0.25, -0.2) is 18.5 Å². The monoisotopic (exact) mass is 727 g/mol. The predicted octanol–water partition coefficient (Wildman–Crippen LogP) is 5.74. The zero-order valence-electron chi connectivity index (χ0n) is 25.4. The summed E-state index contributed by atoms with van der Waals surface area (Å²) in [6.07, 6.45) is -6.57. The molecule has 3 rings (SSSR count). The quantitative estimate of drug-likeness (QED) is 0.156. The number of nitrogens with zero attached hydrogens (tertiary/aromatic N) is 2. The van der Waals surface area contributed by atoms with E-state index in [4.69, 9.17) is 19.2 Å². The first-order valence-corrected chi connectivity index (χ1v) is 16.2. The van der Waals surface area contributed by atoms with Crippen molar-refractivity contribution in [3.8, 4) is 0 Å². The highest BCUT2D eigenvalue weighted by molar-refractivity contribution is 9.10. The summed E-state index contributed by atoms with van der Waals surface area (Å²) in [6.45, 7) is 6.61. The summed E-state index contributed by atoms with van der Waals surface area (Å²) in [5.74, 6) is -5.39. The molecule has 0 saturated heterocycles. The molecule has 1 heterocycles. The van der Waals surface area contributed by atoms with E-state index in [-0.39, 0.29) is 24.3 Å². The van der Waals surface area contributed by atoms with Gasteiger partial charge in [-0.1, -0.05) is 28.1 Å². The summed E-state index contributed by atoms with van der Waals surface area (Å²) in [6, 6.07) is 8.01. The van der Waals surface area contributed by atoms with Crippen molar-refractivity contribution >= 4 is 43.9 Å². The number of aliphatic imine (C=N–C) groups is 1. The van der Waals surface area contributed by atoms with E-state index in [0.717, 1.165) is 35.2 Å². The lowest BCUT2D eigenvalue weighted by atomic mass is 9.91.